The third-order valence-electron chi connectivity index (χ3n) is 1.56. The minimum absolute atomic E-state index is 0.00227. The molecular weight excluding hydrogens is 244 g/mol. The van der Waals surface area contributed by atoms with Gasteiger partial charge in [-0.1, -0.05) is 0 Å². The minimum atomic E-state index is -0.00227. The zero-order valence-electron chi connectivity index (χ0n) is 7.83. The number of benzene rings is 1. The lowest BCUT2D eigenvalue weighted by Gasteiger charge is -2.10. The summed E-state index contributed by atoms with van der Waals surface area (Å²) in [5.74, 6) is 0.710. The van der Waals surface area contributed by atoms with E-state index in [-0.39, 0.29) is 6.04 Å². The number of rotatable bonds is 3. The topological polar surface area (TPSA) is 59.0 Å². The Kier molecular flexibility index (Phi) is 3.93. The van der Waals surface area contributed by atoms with Crippen molar-refractivity contribution in [2.45, 2.75) is 13.0 Å². The number of nitrogens with two attached hydrogens (primary N) is 1. The van der Waals surface area contributed by atoms with Gasteiger partial charge in [0.15, 0.2) is 0 Å². The summed E-state index contributed by atoms with van der Waals surface area (Å²) in [5.41, 5.74) is 6.16. The quantitative estimate of drug-likeness (QED) is 0.899. The van der Waals surface area contributed by atoms with Crippen LogP contribution in [-0.4, -0.2) is 12.6 Å². The van der Waals surface area contributed by atoms with Gasteiger partial charge in [-0.2, -0.15) is 5.26 Å². The molecule has 0 aliphatic rings. The Morgan fingerprint density at radius 1 is 1.64 bits per heavy atom. The van der Waals surface area contributed by atoms with E-state index >= 15 is 0 Å². The highest BCUT2D eigenvalue weighted by atomic mass is 79.9. The van der Waals surface area contributed by atoms with E-state index in [1.54, 1.807) is 18.2 Å². The van der Waals surface area contributed by atoms with Crippen LogP contribution in [0.4, 0.5) is 0 Å². The van der Waals surface area contributed by atoms with Gasteiger partial charge >= 0.3 is 0 Å². The molecule has 0 spiro atoms. The first-order chi connectivity index (χ1) is 6.63. The summed E-state index contributed by atoms with van der Waals surface area (Å²) in [6.07, 6.45) is 0. The van der Waals surface area contributed by atoms with Crippen LogP contribution in [0, 0.1) is 11.3 Å². The van der Waals surface area contributed by atoms with Gasteiger partial charge in [-0.25, -0.2) is 0 Å². The van der Waals surface area contributed by atoms with Gasteiger partial charge in [-0.15, -0.1) is 0 Å². The molecule has 1 aromatic rings. The van der Waals surface area contributed by atoms with E-state index < -0.39 is 0 Å². The average Bonchev–Trinajstić information content (AvgIpc) is 2.15. The van der Waals surface area contributed by atoms with Crippen molar-refractivity contribution in [3.8, 4) is 11.8 Å². The highest BCUT2D eigenvalue weighted by molar-refractivity contribution is 9.10. The normalized spacial score (nSPS) is 11.9. The Balaban J connectivity index is 2.75. The van der Waals surface area contributed by atoms with Crippen LogP contribution in [-0.2, 0) is 0 Å². The molecule has 14 heavy (non-hydrogen) atoms. The Hall–Kier alpha value is -1.05. The number of hydrogen-bond acceptors (Lipinski definition) is 3. The summed E-state index contributed by atoms with van der Waals surface area (Å²) in [7, 11) is 0. The van der Waals surface area contributed by atoms with E-state index in [2.05, 4.69) is 15.9 Å². The van der Waals surface area contributed by atoms with Crippen LogP contribution in [0.15, 0.2) is 22.7 Å². The molecule has 1 rings (SSSR count). The molecular formula is C10H11BrN2O. The maximum Gasteiger partial charge on any atom is 0.133 e. The molecule has 74 valence electrons. The fraction of sp³-hybridized carbons (Fsp3) is 0.300. The van der Waals surface area contributed by atoms with Gasteiger partial charge in [-0.3, -0.25) is 0 Å². The molecule has 0 heterocycles. The van der Waals surface area contributed by atoms with E-state index in [1.165, 1.54) is 0 Å². The molecule has 0 amide bonds. The van der Waals surface area contributed by atoms with Crippen molar-refractivity contribution in [1.29, 1.82) is 5.26 Å². The van der Waals surface area contributed by atoms with Gasteiger partial charge in [0, 0.05) is 6.04 Å². The van der Waals surface area contributed by atoms with Gasteiger partial charge in [0.25, 0.3) is 0 Å². The largest absolute Gasteiger partial charge is 0.491 e. The van der Waals surface area contributed by atoms with Crippen LogP contribution in [0.2, 0.25) is 0 Å². The van der Waals surface area contributed by atoms with Crippen molar-refractivity contribution in [3.05, 3.63) is 28.2 Å². The third kappa shape index (κ3) is 3.02. The molecule has 1 unspecified atom stereocenters. The van der Waals surface area contributed by atoms with Gasteiger partial charge in [-0.05, 0) is 41.1 Å². The zero-order chi connectivity index (χ0) is 10.6. The van der Waals surface area contributed by atoms with Gasteiger partial charge < -0.3 is 10.5 Å². The molecule has 4 heteroatoms. The molecule has 1 atom stereocenters. The van der Waals surface area contributed by atoms with E-state index in [4.69, 9.17) is 15.7 Å². The lowest BCUT2D eigenvalue weighted by atomic mass is 10.2. The maximum absolute atomic E-state index is 8.64. The van der Waals surface area contributed by atoms with Gasteiger partial charge in [0.2, 0.25) is 0 Å². The third-order valence-corrected chi connectivity index (χ3v) is 2.18. The number of halogens is 1. The summed E-state index contributed by atoms with van der Waals surface area (Å²) in [5, 5.41) is 8.64. The van der Waals surface area contributed by atoms with Crippen LogP contribution in [0.1, 0.15) is 12.5 Å². The van der Waals surface area contributed by atoms with E-state index in [1.807, 2.05) is 13.0 Å². The van der Waals surface area contributed by atoms with Crippen molar-refractivity contribution >= 4 is 15.9 Å². The van der Waals surface area contributed by atoms with Crippen LogP contribution in [0.3, 0.4) is 0 Å². The first-order valence-electron chi connectivity index (χ1n) is 4.21. The van der Waals surface area contributed by atoms with Crippen molar-refractivity contribution in [1.82, 2.24) is 0 Å². The number of nitrogens with zero attached hydrogens (tertiary/aromatic N) is 1. The number of hydrogen-bond donors (Lipinski definition) is 1. The Morgan fingerprint density at radius 2 is 2.36 bits per heavy atom. The first-order valence-corrected chi connectivity index (χ1v) is 5.01. The Labute approximate surface area is 91.6 Å². The number of nitriles is 1. The SMILES string of the molecule is CC(N)COc1ccc(C#N)cc1Br. The molecule has 1 aromatic carbocycles. The smallest absolute Gasteiger partial charge is 0.133 e. The summed E-state index contributed by atoms with van der Waals surface area (Å²) < 4.78 is 6.19. The first kappa shape index (κ1) is 11.0. The molecule has 2 N–H and O–H groups in total. The van der Waals surface area contributed by atoms with E-state index in [0.29, 0.717) is 17.9 Å². The van der Waals surface area contributed by atoms with E-state index in [0.717, 1.165) is 4.47 Å². The van der Waals surface area contributed by atoms with Crippen LogP contribution in [0.5, 0.6) is 5.75 Å². The molecule has 0 radical (unpaired) electrons. The minimum Gasteiger partial charge on any atom is -0.491 e. The van der Waals surface area contributed by atoms with Crippen molar-refractivity contribution < 1.29 is 4.74 Å². The summed E-state index contributed by atoms with van der Waals surface area (Å²) >= 11 is 3.32. The predicted molar refractivity (Wildman–Crippen MR) is 58.0 cm³/mol. The monoisotopic (exact) mass is 254 g/mol. The second kappa shape index (κ2) is 4.99. The fourth-order valence-corrected chi connectivity index (χ4v) is 1.40. The average molecular weight is 255 g/mol. The van der Waals surface area contributed by atoms with Gasteiger partial charge in [0.05, 0.1) is 16.1 Å². The lowest BCUT2D eigenvalue weighted by Crippen LogP contribution is -2.23. The van der Waals surface area contributed by atoms with Crippen LogP contribution in [0.25, 0.3) is 0 Å². The van der Waals surface area contributed by atoms with Crippen molar-refractivity contribution in [2.75, 3.05) is 6.61 Å². The number of ether oxygens (including phenoxy) is 1. The molecule has 0 aliphatic carbocycles. The fourth-order valence-electron chi connectivity index (χ4n) is 0.909. The Morgan fingerprint density at radius 3 is 2.86 bits per heavy atom. The second-order valence-electron chi connectivity index (χ2n) is 3.05. The summed E-state index contributed by atoms with van der Waals surface area (Å²) in [6.45, 7) is 2.34. The molecule has 0 saturated carbocycles. The van der Waals surface area contributed by atoms with Crippen LogP contribution < -0.4 is 10.5 Å². The van der Waals surface area contributed by atoms with Crippen LogP contribution >= 0.6 is 15.9 Å². The van der Waals surface area contributed by atoms with Crippen molar-refractivity contribution in [3.63, 3.8) is 0 Å². The van der Waals surface area contributed by atoms with E-state index in [9.17, 15) is 0 Å². The summed E-state index contributed by atoms with van der Waals surface area (Å²) in [4.78, 5) is 0. The zero-order valence-corrected chi connectivity index (χ0v) is 9.41. The molecule has 0 fully saturated rings. The molecule has 0 aliphatic heterocycles. The molecule has 0 saturated heterocycles. The standard InChI is InChI=1S/C10H11BrN2O/c1-7(13)6-14-10-3-2-8(5-12)4-9(10)11/h2-4,7H,6,13H2,1H3. The molecule has 0 bridgehead atoms. The summed E-state index contributed by atoms with van der Waals surface area (Å²) in [6, 6.07) is 7.23. The maximum atomic E-state index is 8.64. The second-order valence-corrected chi connectivity index (χ2v) is 3.90. The van der Waals surface area contributed by atoms with Gasteiger partial charge in [0.1, 0.15) is 12.4 Å². The Bertz CT molecular complexity index is 358. The highest BCUT2D eigenvalue weighted by Crippen LogP contribution is 2.25. The predicted octanol–water partition coefficient (Wildman–Crippen LogP) is 2.05. The molecule has 3 nitrogen and oxygen atoms in total. The lowest BCUT2D eigenvalue weighted by molar-refractivity contribution is 0.294. The van der Waals surface area contributed by atoms with Crippen molar-refractivity contribution in [2.24, 2.45) is 5.73 Å². The highest BCUT2D eigenvalue weighted by Gasteiger charge is 2.03. The molecule has 0 aromatic heterocycles.